The number of anilines is 1. The zero-order valence-corrected chi connectivity index (χ0v) is 15.5. The lowest BCUT2D eigenvalue weighted by Gasteiger charge is -2.10. The Bertz CT molecular complexity index is 896. The van der Waals surface area contributed by atoms with Crippen molar-refractivity contribution in [1.29, 1.82) is 0 Å². The van der Waals surface area contributed by atoms with Gasteiger partial charge in [-0.25, -0.2) is 9.18 Å². The van der Waals surface area contributed by atoms with Crippen molar-refractivity contribution in [1.82, 2.24) is 0 Å². The number of carbonyl (C=O) groups excluding carboxylic acids is 2. The van der Waals surface area contributed by atoms with Gasteiger partial charge in [0.25, 0.3) is 0 Å². The number of aryl methyl sites for hydroxylation is 1. The third-order valence-corrected chi connectivity index (χ3v) is 3.89. The van der Waals surface area contributed by atoms with Gasteiger partial charge < -0.3 is 19.9 Å². The molecule has 0 saturated heterocycles. The smallest absolute Gasteiger partial charge is 0.341 e. The predicted octanol–water partition coefficient (Wildman–Crippen LogP) is 3.21. The van der Waals surface area contributed by atoms with Crippen LogP contribution in [0.15, 0.2) is 36.4 Å². The lowest BCUT2D eigenvalue weighted by Crippen LogP contribution is -2.14. The first-order chi connectivity index (χ1) is 13.3. The fraction of sp³-hybridized carbons (Fsp3) is 0.250. The van der Waals surface area contributed by atoms with E-state index in [1.807, 2.05) is 0 Å². The van der Waals surface area contributed by atoms with Crippen LogP contribution < -0.4 is 14.8 Å². The van der Waals surface area contributed by atoms with E-state index < -0.39 is 18.4 Å². The Morgan fingerprint density at radius 3 is 2.46 bits per heavy atom. The topological polar surface area (TPSA) is 102 Å². The minimum absolute atomic E-state index is 0.0422. The second-order valence-electron chi connectivity index (χ2n) is 5.98. The van der Waals surface area contributed by atoms with Gasteiger partial charge in [-0.05, 0) is 48.9 Å². The van der Waals surface area contributed by atoms with Gasteiger partial charge in [0.15, 0.2) is 24.0 Å². The Kier molecular flexibility index (Phi) is 7.08. The van der Waals surface area contributed by atoms with Crippen LogP contribution in [0.1, 0.15) is 28.8 Å². The number of carbonyl (C=O) groups is 3. The highest BCUT2D eigenvalue weighted by Gasteiger charge is 2.13. The molecule has 2 aromatic rings. The minimum Gasteiger partial charge on any atom is -0.494 e. The second-order valence-corrected chi connectivity index (χ2v) is 5.98. The summed E-state index contributed by atoms with van der Waals surface area (Å²) in [6.45, 7) is 1.27. The normalized spacial score (nSPS) is 10.2. The summed E-state index contributed by atoms with van der Waals surface area (Å²) in [5, 5.41) is 11.3. The fourth-order valence-corrected chi connectivity index (χ4v) is 2.44. The molecule has 148 valence electrons. The standard InChI is InChI=1S/C20H20FNO6/c1-12-9-14(28-11-20(25)26)4-5-16(12)22-19(24)8-6-17(23)13-3-7-18(27-2)15(21)10-13/h3-5,7,9-10H,6,8,11H2,1-2H3,(H,22,24)(H,25,26). The lowest BCUT2D eigenvalue weighted by molar-refractivity contribution is -0.139. The third-order valence-electron chi connectivity index (χ3n) is 3.89. The molecule has 0 aliphatic heterocycles. The van der Waals surface area contributed by atoms with Crippen molar-refractivity contribution in [3.8, 4) is 11.5 Å². The molecule has 0 unspecified atom stereocenters. The maximum absolute atomic E-state index is 13.7. The number of hydrogen-bond acceptors (Lipinski definition) is 5. The van der Waals surface area contributed by atoms with Crippen LogP contribution in [-0.2, 0) is 9.59 Å². The molecule has 2 rings (SSSR count). The highest BCUT2D eigenvalue weighted by molar-refractivity contribution is 6.00. The van der Waals surface area contributed by atoms with Gasteiger partial charge in [0.1, 0.15) is 5.75 Å². The van der Waals surface area contributed by atoms with E-state index >= 15 is 0 Å². The number of rotatable bonds is 9. The highest BCUT2D eigenvalue weighted by Crippen LogP contribution is 2.22. The molecule has 0 heterocycles. The van der Waals surface area contributed by atoms with Crippen molar-refractivity contribution < 1.29 is 33.4 Å². The van der Waals surface area contributed by atoms with Crippen molar-refractivity contribution in [3.05, 3.63) is 53.3 Å². The van der Waals surface area contributed by atoms with Gasteiger partial charge in [0.05, 0.1) is 7.11 Å². The average molecular weight is 389 g/mol. The number of benzene rings is 2. The molecule has 0 aromatic heterocycles. The van der Waals surface area contributed by atoms with E-state index in [9.17, 15) is 18.8 Å². The number of methoxy groups -OCH3 is 1. The molecule has 2 aromatic carbocycles. The molecule has 0 aliphatic carbocycles. The summed E-state index contributed by atoms with van der Waals surface area (Å²) in [6, 6.07) is 8.62. The SMILES string of the molecule is COc1ccc(C(=O)CCC(=O)Nc2ccc(OCC(=O)O)cc2C)cc1F. The molecule has 0 saturated carbocycles. The van der Waals surface area contributed by atoms with Crippen LogP contribution >= 0.6 is 0 Å². The van der Waals surface area contributed by atoms with Gasteiger partial charge in [-0.2, -0.15) is 0 Å². The molecule has 0 bridgehead atoms. The number of carboxylic acid groups (broad SMARTS) is 1. The molecule has 0 spiro atoms. The zero-order chi connectivity index (χ0) is 20.7. The first-order valence-corrected chi connectivity index (χ1v) is 8.42. The number of hydrogen-bond donors (Lipinski definition) is 2. The van der Waals surface area contributed by atoms with Crippen LogP contribution in [0.25, 0.3) is 0 Å². The van der Waals surface area contributed by atoms with E-state index in [4.69, 9.17) is 14.6 Å². The summed E-state index contributed by atoms with van der Waals surface area (Å²) in [7, 11) is 1.33. The van der Waals surface area contributed by atoms with Crippen LogP contribution in [0.4, 0.5) is 10.1 Å². The zero-order valence-electron chi connectivity index (χ0n) is 15.5. The lowest BCUT2D eigenvalue weighted by atomic mass is 10.1. The van der Waals surface area contributed by atoms with Crippen LogP contribution in [0.2, 0.25) is 0 Å². The van der Waals surface area contributed by atoms with Crippen LogP contribution in [-0.4, -0.2) is 36.5 Å². The Morgan fingerprint density at radius 1 is 1.11 bits per heavy atom. The summed E-state index contributed by atoms with van der Waals surface area (Å²) in [5.41, 5.74) is 1.37. The molecular weight excluding hydrogens is 369 g/mol. The number of ether oxygens (including phenoxy) is 2. The number of nitrogens with one attached hydrogen (secondary N) is 1. The van der Waals surface area contributed by atoms with Crippen LogP contribution in [0, 0.1) is 12.7 Å². The van der Waals surface area contributed by atoms with Crippen molar-refractivity contribution in [2.24, 2.45) is 0 Å². The summed E-state index contributed by atoms with van der Waals surface area (Å²) in [6.07, 6.45) is -0.139. The first-order valence-electron chi connectivity index (χ1n) is 8.42. The van der Waals surface area contributed by atoms with Crippen molar-refractivity contribution in [2.75, 3.05) is 19.0 Å². The average Bonchev–Trinajstić information content (AvgIpc) is 2.66. The quantitative estimate of drug-likeness (QED) is 0.639. The highest BCUT2D eigenvalue weighted by atomic mass is 19.1. The number of Topliss-reactive ketones (excluding diaryl/α,β-unsaturated/α-hetero) is 1. The van der Waals surface area contributed by atoms with Crippen molar-refractivity contribution in [3.63, 3.8) is 0 Å². The molecule has 0 fully saturated rings. The van der Waals surface area contributed by atoms with Gasteiger partial charge in [-0.3, -0.25) is 9.59 Å². The van der Waals surface area contributed by atoms with Gasteiger partial charge in [0.2, 0.25) is 5.91 Å². The molecule has 7 nitrogen and oxygen atoms in total. The second kappa shape index (κ2) is 9.50. The van der Waals surface area contributed by atoms with E-state index in [2.05, 4.69) is 5.32 Å². The van der Waals surface area contributed by atoms with Crippen molar-refractivity contribution in [2.45, 2.75) is 19.8 Å². The van der Waals surface area contributed by atoms with E-state index in [1.165, 1.54) is 25.3 Å². The Balaban J connectivity index is 1.90. The number of ketones is 1. The fourth-order valence-electron chi connectivity index (χ4n) is 2.44. The largest absolute Gasteiger partial charge is 0.494 e. The van der Waals surface area contributed by atoms with E-state index in [1.54, 1.807) is 19.1 Å². The molecule has 8 heteroatoms. The number of aliphatic carboxylic acids is 1. The molecule has 2 N–H and O–H groups in total. The van der Waals surface area contributed by atoms with Gasteiger partial charge in [0, 0.05) is 24.1 Å². The Hall–Kier alpha value is -3.42. The van der Waals surface area contributed by atoms with Crippen LogP contribution in [0.3, 0.4) is 0 Å². The summed E-state index contributed by atoms with van der Waals surface area (Å²) in [5.74, 6) is -2.04. The molecule has 28 heavy (non-hydrogen) atoms. The van der Waals surface area contributed by atoms with E-state index in [0.717, 1.165) is 6.07 Å². The van der Waals surface area contributed by atoms with E-state index in [0.29, 0.717) is 17.0 Å². The maximum Gasteiger partial charge on any atom is 0.341 e. The summed E-state index contributed by atoms with van der Waals surface area (Å²) in [4.78, 5) is 34.8. The molecular formula is C20H20FNO6. The number of halogens is 1. The monoisotopic (exact) mass is 389 g/mol. The number of amides is 1. The Labute approximate surface area is 161 Å². The van der Waals surface area contributed by atoms with E-state index in [-0.39, 0.29) is 35.8 Å². The van der Waals surface area contributed by atoms with Gasteiger partial charge in [-0.15, -0.1) is 0 Å². The molecule has 0 atom stereocenters. The molecule has 0 radical (unpaired) electrons. The maximum atomic E-state index is 13.7. The third kappa shape index (κ3) is 5.80. The van der Waals surface area contributed by atoms with Gasteiger partial charge in [-0.1, -0.05) is 0 Å². The van der Waals surface area contributed by atoms with Crippen LogP contribution in [0.5, 0.6) is 11.5 Å². The summed E-state index contributed by atoms with van der Waals surface area (Å²) < 4.78 is 23.5. The Morgan fingerprint density at radius 2 is 1.86 bits per heavy atom. The molecule has 1 amide bonds. The first kappa shape index (κ1) is 20.9. The minimum atomic E-state index is -1.09. The van der Waals surface area contributed by atoms with Gasteiger partial charge >= 0.3 is 5.97 Å². The number of carboxylic acids is 1. The predicted molar refractivity (Wildman–Crippen MR) is 99.5 cm³/mol. The summed E-state index contributed by atoms with van der Waals surface area (Å²) >= 11 is 0. The molecule has 0 aliphatic rings. The van der Waals surface area contributed by atoms with Crippen molar-refractivity contribution >= 4 is 23.3 Å².